The molecule has 0 aliphatic rings. The SMILES string of the molecule is CCCn1c(=O)c(=O)[nH]c2cc(-c3noc(C=Cc4ccccc4Cl)n3)ccc21. The van der Waals surface area contributed by atoms with Gasteiger partial charge in [0.15, 0.2) is 0 Å². The average Bonchev–Trinajstić information content (AvgIpc) is 3.19. The molecule has 2 aromatic heterocycles. The van der Waals surface area contributed by atoms with Gasteiger partial charge < -0.3 is 14.1 Å². The maximum absolute atomic E-state index is 12.1. The molecule has 146 valence electrons. The van der Waals surface area contributed by atoms with E-state index in [2.05, 4.69) is 15.1 Å². The Labute approximate surface area is 170 Å². The third-order valence-corrected chi connectivity index (χ3v) is 4.78. The van der Waals surface area contributed by atoms with E-state index in [1.807, 2.05) is 25.1 Å². The Kier molecular flexibility index (Phi) is 5.14. The second-order valence-corrected chi connectivity index (χ2v) is 6.86. The fraction of sp³-hybridized carbons (Fsp3) is 0.143. The van der Waals surface area contributed by atoms with Crippen molar-refractivity contribution in [3.63, 3.8) is 0 Å². The number of aromatic amines is 1. The van der Waals surface area contributed by atoms with Crippen LogP contribution in [0.3, 0.4) is 0 Å². The molecule has 0 spiro atoms. The van der Waals surface area contributed by atoms with Crippen LogP contribution in [0.2, 0.25) is 5.02 Å². The molecule has 7 nitrogen and oxygen atoms in total. The van der Waals surface area contributed by atoms with Crippen molar-refractivity contribution >= 4 is 34.8 Å². The fourth-order valence-corrected chi connectivity index (χ4v) is 3.25. The Morgan fingerprint density at radius 3 is 2.79 bits per heavy atom. The average molecular weight is 409 g/mol. The first-order valence-electron chi connectivity index (χ1n) is 9.10. The summed E-state index contributed by atoms with van der Waals surface area (Å²) in [6.07, 6.45) is 4.21. The highest BCUT2D eigenvalue weighted by Crippen LogP contribution is 2.22. The van der Waals surface area contributed by atoms with Gasteiger partial charge in [0.05, 0.1) is 11.0 Å². The number of nitrogens with one attached hydrogen (secondary N) is 1. The van der Waals surface area contributed by atoms with Crippen molar-refractivity contribution in [1.29, 1.82) is 0 Å². The summed E-state index contributed by atoms with van der Waals surface area (Å²) in [7, 11) is 0. The third kappa shape index (κ3) is 3.77. The van der Waals surface area contributed by atoms with Gasteiger partial charge in [0.25, 0.3) is 5.89 Å². The highest BCUT2D eigenvalue weighted by molar-refractivity contribution is 6.32. The number of fused-ring (bicyclic) bond motifs is 1. The van der Waals surface area contributed by atoms with E-state index in [-0.39, 0.29) is 0 Å². The molecule has 0 bridgehead atoms. The van der Waals surface area contributed by atoms with Gasteiger partial charge in [-0.25, -0.2) is 0 Å². The van der Waals surface area contributed by atoms with E-state index in [1.165, 1.54) is 4.57 Å². The van der Waals surface area contributed by atoms with Crippen molar-refractivity contribution in [2.24, 2.45) is 0 Å². The number of aromatic nitrogens is 4. The van der Waals surface area contributed by atoms with Crippen LogP contribution in [0, 0.1) is 0 Å². The van der Waals surface area contributed by atoms with E-state index >= 15 is 0 Å². The molecule has 0 fully saturated rings. The summed E-state index contributed by atoms with van der Waals surface area (Å²) in [5.41, 5.74) is 1.49. The predicted molar refractivity (Wildman–Crippen MR) is 113 cm³/mol. The van der Waals surface area contributed by atoms with Crippen LogP contribution in [0.4, 0.5) is 0 Å². The molecule has 29 heavy (non-hydrogen) atoms. The lowest BCUT2D eigenvalue weighted by Crippen LogP contribution is -2.36. The molecule has 4 rings (SSSR count). The summed E-state index contributed by atoms with van der Waals surface area (Å²) >= 11 is 6.13. The van der Waals surface area contributed by atoms with E-state index < -0.39 is 11.1 Å². The Hall–Kier alpha value is -3.45. The number of halogens is 1. The predicted octanol–water partition coefficient (Wildman–Crippen LogP) is 3.97. The number of aryl methyl sites for hydroxylation is 1. The van der Waals surface area contributed by atoms with Crippen LogP contribution in [0.1, 0.15) is 24.8 Å². The molecule has 2 aromatic carbocycles. The zero-order valence-corrected chi connectivity index (χ0v) is 16.3. The number of hydrogen-bond donors (Lipinski definition) is 1. The molecular weight excluding hydrogens is 392 g/mol. The minimum Gasteiger partial charge on any atom is -0.334 e. The summed E-state index contributed by atoms with van der Waals surface area (Å²) in [5.74, 6) is 0.698. The molecule has 0 atom stereocenters. The maximum atomic E-state index is 12.1. The molecule has 0 aliphatic carbocycles. The van der Waals surface area contributed by atoms with Crippen LogP contribution in [0.15, 0.2) is 56.6 Å². The van der Waals surface area contributed by atoms with Crippen molar-refractivity contribution in [3.05, 3.63) is 79.6 Å². The number of H-pyrrole nitrogens is 1. The third-order valence-electron chi connectivity index (χ3n) is 4.43. The monoisotopic (exact) mass is 408 g/mol. The van der Waals surface area contributed by atoms with E-state index in [4.69, 9.17) is 16.1 Å². The first kappa shape index (κ1) is 18.9. The van der Waals surface area contributed by atoms with Crippen molar-refractivity contribution in [2.45, 2.75) is 19.9 Å². The topological polar surface area (TPSA) is 93.8 Å². The molecule has 0 saturated carbocycles. The standard InChI is InChI=1S/C21H17ClN4O3/c1-2-11-26-17-9-7-14(12-16(17)23-20(27)21(26)28)19-24-18(29-25-19)10-8-13-5-3-4-6-15(13)22/h3-10,12H,2,11H2,1H3,(H,23,27). The molecule has 2 heterocycles. The minimum atomic E-state index is -0.653. The zero-order valence-electron chi connectivity index (χ0n) is 15.6. The fourth-order valence-electron chi connectivity index (χ4n) is 3.06. The number of hydrogen-bond acceptors (Lipinski definition) is 5. The van der Waals surface area contributed by atoms with Crippen LogP contribution < -0.4 is 11.1 Å². The number of rotatable bonds is 5. The number of nitrogens with zero attached hydrogens (tertiary/aromatic N) is 3. The lowest BCUT2D eigenvalue weighted by atomic mass is 10.1. The van der Waals surface area contributed by atoms with Crippen LogP contribution >= 0.6 is 11.6 Å². The van der Waals surface area contributed by atoms with Gasteiger partial charge >= 0.3 is 11.1 Å². The lowest BCUT2D eigenvalue weighted by molar-refractivity contribution is 0.411. The van der Waals surface area contributed by atoms with E-state index in [1.54, 1.807) is 36.4 Å². The summed E-state index contributed by atoms with van der Waals surface area (Å²) in [5, 5.41) is 4.62. The molecule has 8 heteroatoms. The van der Waals surface area contributed by atoms with Gasteiger partial charge in [0.2, 0.25) is 5.82 Å². The molecule has 0 unspecified atom stereocenters. The molecule has 0 saturated heterocycles. The van der Waals surface area contributed by atoms with E-state index in [0.717, 1.165) is 12.0 Å². The molecule has 0 amide bonds. The first-order valence-corrected chi connectivity index (χ1v) is 9.48. The second-order valence-electron chi connectivity index (χ2n) is 6.45. The maximum Gasteiger partial charge on any atom is 0.316 e. The van der Waals surface area contributed by atoms with Gasteiger partial charge in [-0.1, -0.05) is 41.9 Å². The van der Waals surface area contributed by atoms with Crippen LogP contribution in [0.25, 0.3) is 34.6 Å². The highest BCUT2D eigenvalue weighted by atomic mass is 35.5. The van der Waals surface area contributed by atoms with Crippen LogP contribution in [-0.2, 0) is 6.54 Å². The molecule has 4 aromatic rings. The smallest absolute Gasteiger partial charge is 0.316 e. The van der Waals surface area contributed by atoms with Gasteiger partial charge in [-0.05, 0) is 42.3 Å². The van der Waals surface area contributed by atoms with Gasteiger partial charge in [0.1, 0.15) is 0 Å². The van der Waals surface area contributed by atoms with Gasteiger partial charge in [-0.3, -0.25) is 9.59 Å². The van der Waals surface area contributed by atoms with Crippen molar-refractivity contribution < 1.29 is 4.52 Å². The number of benzene rings is 2. The van der Waals surface area contributed by atoms with Gasteiger partial charge in [-0.15, -0.1) is 0 Å². The largest absolute Gasteiger partial charge is 0.334 e. The second kappa shape index (κ2) is 7.89. The molecular formula is C21H17ClN4O3. The summed E-state index contributed by atoms with van der Waals surface area (Å²) in [6.45, 7) is 2.42. The van der Waals surface area contributed by atoms with Crippen molar-refractivity contribution in [3.8, 4) is 11.4 Å². The quantitative estimate of drug-likeness (QED) is 0.504. The molecule has 1 N–H and O–H groups in total. The first-order chi connectivity index (χ1) is 14.1. The van der Waals surface area contributed by atoms with Crippen LogP contribution in [0.5, 0.6) is 0 Å². The molecule has 0 radical (unpaired) electrons. The Morgan fingerprint density at radius 2 is 2.00 bits per heavy atom. The Bertz CT molecular complexity index is 1330. The van der Waals surface area contributed by atoms with Crippen molar-refractivity contribution in [1.82, 2.24) is 19.7 Å². The minimum absolute atomic E-state index is 0.324. The Balaban J connectivity index is 1.69. The van der Waals surface area contributed by atoms with E-state index in [9.17, 15) is 9.59 Å². The summed E-state index contributed by atoms with van der Waals surface area (Å²) < 4.78 is 6.76. The van der Waals surface area contributed by atoms with Crippen molar-refractivity contribution in [2.75, 3.05) is 0 Å². The van der Waals surface area contributed by atoms with Gasteiger partial charge in [-0.2, -0.15) is 4.98 Å². The Morgan fingerprint density at radius 1 is 1.17 bits per heavy atom. The van der Waals surface area contributed by atoms with Crippen LogP contribution in [-0.4, -0.2) is 19.7 Å². The lowest BCUT2D eigenvalue weighted by Gasteiger charge is -2.08. The molecule has 0 aliphatic heterocycles. The van der Waals surface area contributed by atoms with E-state index in [0.29, 0.717) is 39.9 Å². The summed E-state index contributed by atoms with van der Waals surface area (Å²) in [4.78, 5) is 31.1. The highest BCUT2D eigenvalue weighted by Gasteiger charge is 2.11. The normalized spacial score (nSPS) is 11.5. The summed E-state index contributed by atoms with van der Waals surface area (Å²) in [6, 6.07) is 12.7. The zero-order chi connectivity index (χ0) is 20.4. The van der Waals surface area contributed by atoms with Gasteiger partial charge in [0, 0.05) is 23.2 Å².